The van der Waals surface area contributed by atoms with Crippen LogP contribution in [0.15, 0.2) is 29.4 Å². The summed E-state index contributed by atoms with van der Waals surface area (Å²) in [6, 6.07) is 7.57. The minimum atomic E-state index is -0.159. The van der Waals surface area contributed by atoms with Crippen molar-refractivity contribution in [3.8, 4) is 0 Å². The first kappa shape index (κ1) is 21.2. The van der Waals surface area contributed by atoms with Gasteiger partial charge in [0, 0.05) is 63.3 Å². The maximum absolute atomic E-state index is 13.3. The Morgan fingerprint density at radius 1 is 1.10 bits per heavy atom. The molecule has 3 aliphatic heterocycles. The molecule has 3 fully saturated rings. The second kappa shape index (κ2) is 9.46. The molecule has 0 spiro atoms. The number of ether oxygens (including phenoxy) is 1. The van der Waals surface area contributed by atoms with Crippen LogP contribution in [-0.2, 0) is 11.8 Å². The standard InChI is InChI=1S/C23H32FN5OS/c1-27-22(17-8-12-30-13-9-17)25-26-23(27)31-14-2-10-28-15-18-7-11-29(21(18)16-28)20-5-3-19(24)4-6-20/h3-6,17-18,21H,2,7-16H2,1H3/t18-,21+/m1/s1. The van der Waals surface area contributed by atoms with E-state index in [-0.39, 0.29) is 5.82 Å². The summed E-state index contributed by atoms with van der Waals surface area (Å²) in [6.45, 7) is 6.18. The lowest BCUT2D eigenvalue weighted by atomic mass is 10.00. The molecule has 3 saturated heterocycles. The van der Waals surface area contributed by atoms with E-state index in [9.17, 15) is 4.39 Å². The zero-order chi connectivity index (χ0) is 21.2. The number of anilines is 1. The molecule has 2 atom stereocenters. The number of halogens is 1. The van der Waals surface area contributed by atoms with E-state index in [0.29, 0.717) is 12.0 Å². The van der Waals surface area contributed by atoms with Gasteiger partial charge in [-0.3, -0.25) is 0 Å². The molecule has 0 unspecified atom stereocenters. The number of thioether (sulfide) groups is 1. The number of aromatic nitrogens is 3. The molecule has 5 rings (SSSR count). The molecule has 1 aromatic carbocycles. The van der Waals surface area contributed by atoms with Crippen molar-refractivity contribution in [1.82, 2.24) is 19.7 Å². The van der Waals surface area contributed by atoms with Crippen molar-refractivity contribution >= 4 is 17.4 Å². The Balaban J connectivity index is 1.08. The van der Waals surface area contributed by atoms with E-state index in [0.717, 1.165) is 80.4 Å². The summed E-state index contributed by atoms with van der Waals surface area (Å²) in [5, 5.41) is 9.95. The Hall–Kier alpha value is -1.64. The van der Waals surface area contributed by atoms with Gasteiger partial charge in [0.05, 0.1) is 0 Å². The van der Waals surface area contributed by atoms with Gasteiger partial charge < -0.3 is 19.1 Å². The van der Waals surface area contributed by atoms with E-state index in [1.165, 1.54) is 13.0 Å². The zero-order valence-electron chi connectivity index (χ0n) is 18.3. The molecule has 0 amide bonds. The van der Waals surface area contributed by atoms with Crippen LogP contribution in [0.4, 0.5) is 10.1 Å². The van der Waals surface area contributed by atoms with Crippen LogP contribution in [0.1, 0.15) is 37.4 Å². The highest BCUT2D eigenvalue weighted by Crippen LogP contribution is 2.35. The summed E-state index contributed by atoms with van der Waals surface area (Å²) in [5.74, 6) is 3.23. The van der Waals surface area contributed by atoms with Crippen LogP contribution >= 0.6 is 11.8 Å². The minimum absolute atomic E-state index is 0.159. The predicted molar refractivity (Wildman–Crippen MR) is 121 cm³/mol. The Morgan fingerprint density at radius 2 is 1.90 bits per heavy atom. The Morgan fingerprint density at radius 3 is 2.71 bits per heavy atom. The second-order valence-electron chi connectivity index (χ2n) is 9.03. The molecule has 3 aliphatic rings. The van der Waals surface area contributed by atoms with Gasteiger partial charge in [0.25, 0.3) is 0 Å². The SMILES string of the molecule is Cn1c(SCCCN2C[C@H]3CCN(c4ccc(F)cc4)[C@H]3C2)nnc1C1CCOCC1. The zero-order valence-corrected chi connectivity index (χ0v) is 19.1. The Kier molecular flexibility index (Phi) is 6.48. The molecule has 2 aromatic rings. The van der Waals surface area contributed by atoms with Gasteiger partial charge in [0.15, 0.2) is 5.16 Å². The van der Waals surface area contributed by atoms with Crippen LogP contribution in [0, 0.1) is 11.7 Å². The third kappa shape index (κ3) is 4.61. The van der Waals surface area contributed by atoms with E-state index in [2.05, 4.69) is 31.6 Å². The van der Waals surface area contributed by atoms with Crippen molar-refractivity contribution in [2.75, 3.05) is 50.0 Å². The molecule has 0 N–H and O–H groups in total. The molecule has 0 saturated carbocycles. The largest absolute Gasteiger partial charge is 0.381 e. The average molecular weight is 446 g/mol. The first-order chi connectivity index (χ1) is 15.2. The van der Waals surface area contributed by atoms with Crippen molar-refractivity contribution in [3.05, 3.63) is 35.9 Å². The maximum Gasteiger partial charge on any atom is 0.190 e. The number of rotatable bonds is 7. The average Bonchev–Trinajstić information content (AvgIpc) is 3.47. The highest BCUT2D eigenvalue weighted by molar-refractivity contribution is 7.99. The summed E-state index contributed by atoms with van der Waals surface area (Å²) >= 11 is 1.82. The van der Waals surface area contributed by atoms with Crippen molar-refractivity contribution in [2.24, 2.45) is 13.0 Å². The van der Waals surface area contributed by atoms with E-state index in [1.54, 1.807) is 12.1 Å². The normalized spacial score (nSPS) is 24.8. The number of benzene rings is 1. The lowest BCUT2D eigenvalue weighted by molar-refractivity contribution is 0.0828. The van der Waals surface area contributed by atoms with Gasteiger partial charge in [-0.15, -0.1) is 10.2 Å². The van der Waals surface area contributed by atoms with Gasteiger partial charge in [-0.25, -0.2) is 4.39 Å². The van der Waals surface area contributed by atoms with E-state index in [4.69, 9.17) is 4.74 Å². The molecular weight excluding hydrogens is 413 g/mol. The lowest BCUT2D eigenvalue weighted by Gasteiger charge is -2.27. The van der Waals surface area contributed by atoms with Crippen molar-refractivity contribution in [2.45, 2.75) is 42.8 Å². The molecule has 0 radical (unpaired) electrons. The molecule has 1 aromatic heterocycles. The number of fused-ring (bicyclic) bond motifs is 1. The highest BCUT2D eigenvalue weighted by Gasteiger charge is 2.41. The molecule has 6 nitrogen and oxygen atoms in total. The maximum atomic E-state index is 13.3. The van der Waals surface area contributed by atoms with Gasteiger partial charge in [-0.1, -0.05) is 11.8 Å². The number of likely N-dealkylation sites (tertiary alicyclic amines) is 1. The molecule has 0 aliphatic carbocycles. The van der Waals surface area contributed by atoms with Crippen molar-refractivity contribution in [3.63, 3.8) is 0 Å². The highest BCUT2D eigenvalue weighted by atomic mass is 32.2. The van der Waals surface area contributed by atoms with Crippen LogP contribution in [-0.4, -0.2) is 70.9 Å². The Labute approximate surface area is 188 Å². The molecule has 0 bridgehead atoms. The van der Waals surface area contributed by atoms with E-state index in [1.807, 2.05) is 23.9 Å². The third-order valence-electron chi connectivity index (χ3n) is 7.09. The Bertz CT molecular complexity index is 869. The van der Waals surface area contributed by atoms with Crippen molar-refractivity contribution < 1.29 is 9.13 Å². The fourth-order valence-corrected chi connectivity index (χ4v) is 6.24. The molecule has 168 valence electrons. The van der Waals surface area contributed by atoms with Gasteiger partial charge in [0.2, 0.25) is 0 Å². The predicted octanol–water partition coefficient (Wildman–Crippen LogP) is 3.54. The van der Waals surface area contributed by atoms with Gasteiger partial charge in [-0.05, 0) is 62.4 Å². The monoisotopic (exact) mass is 445 g/mol. The summed E-state index contributed by atoms with van der Waals surface area (Å²) < 4.78 is 20.9. The molecule has 31 heavy (non-hydrogen) atoms. The van der Waals surface area contributed by atoms with E-state index < -0.39 is 0 Å². The van der Waals surface area contributed by atoms with Crippen LogP contribution in [0.25, 0.3) is 0 Å². The number of hydrogen-bond acceptors (Lipinski definition) is 6. The van der Waals surface area contributed by atoms with Crippen molar-refractivity contribution in [1.29, 1.82) is 0 Å². The second-order valence-corrected chi connectivity index (χ2v) is 10.1. The van der Waals surface area contributed by atoms with Crippen LogP contribution in [0.2, 0.25) is 0 Å². The molecule has 4 heterocycles. The fourth-order valence-electron chi connectivity index (χ4n) is 5.40. The number of hydrogen-bond donors (Lipinski definition) is 0. The quantitative estimate of drug-likeness (QED) is 0.480. The van der Waals surface area contributed by atoms with E-state index >= 15 is 0 Å². The first-order valence-corrected chi connectivity index (χ1v) is 12.5. The van der Waals surface area contributed by atoms with Gasteiger partial charge >= 0.3 is 0 Å². The first-order valence-electron chi connectivity index (χ1n) is 11.5. The number of nitrogens with zero attached hydrogens (tertiary/aromatic N) is 5. The molecule has 8 heteroatoms. The minimum Gasteiger partial charge on any atom is -0.381 e. The summed E-state index contributed by atoms with van der Waals surface area (Å²) in [5.41, 5.74) is 1.16. The van der Waals surface area contributed by atoms with Gasteiger partial charge in [0.1, 0.15) is 11.6 Å². The summed E-state index contributed by atoms with van der Waals surface area (Å²) in [7, 11) is 2.10. The molecular formula is C23H32FN5OS. The van der Waals surface area contributed by atoms with Crippen LogP contribution in [0.5, 0.6) is 0 Å². The topological polar surface area (TPSA) is 46.4 Å². The van der Waals surface area contributed by atoms with Gasteiger partial charge in [-0.2, -0.15) is 0 Å². The smallest absolute Gasteiger partial charge is 0.190 e. The van der Waals surface area contributed by atoms with Crippen LogP contribution < -0.4 is 4.90 Å². The lowest BCUT2D eigenvalue weighted by Crippen LogP contribution is -2.35. The third-order valence-corrected chi connectivity index (χ3v) is 8.19. The fraction of sp³-hybridized carbons (Fsp3) is 0.652. The van der Waals surface area contributed by atoms with Crippen LogP contribution in [0.3, 0.4) is 0 Å². The summed E-state index contributed by atoms with van der Waals surface area (Å²) in [6.07, 6.45) is 4.48. The summed E-state index contributed by atoms with van der Waals surface area (Å²) in [4.78, 5) is 5.09.